The number of nitrogens with one attached hydrogen (secondary N) is 2. The molecule has 8 nitrogen and oxygen atoms in total. The third kappa shape index (κ3) is 4.41. The molecule has 176 valence electrons. The van der Waals surface area contributed by atoms with E-state index in [0.29, 0.717) is 29.3 Å². The fourth-order valence-electron chi connectivity index (χ4n) is 4.93. The van der Waals surface area contributed by atoms with Gasteiger partial charge in [-0.2, -0.15) is 4.98 Å². The average Bonchev–Trinajstić information content (AvgIpc) is 3.47. The number of thioether (sulfide) groups is 1. The Hall–Kier alpha value is -2.36. The molecule has 1 saturated heterocycles. The van der Waals surface area contributed by atoms with Crippen molar-refractivity contribution < 1.29 is 9.47 Å². The lowest BCUT2D eigenvalue weighted by Gasteiger charge is -2.40. The van der Waals surface area contributed by atoms with Gasteiger partial charge in [0, 0.05) is 18.8 Å². The van der Waals surface area contributed by atoms with Crippen molar-refractivity contribution >= 4 is 29.1 Å². The van der Waals surface area contributed by atoms with Gasteiger partial charge in [0.1, 0.15) is 0 Å². The van der Waals surface area contributed by atoms with E-state index in [-0.39, 0.29) is 6.04 Å². The highest BCUT2D eigenvalue weighted by atomic mass is 32.2. The van der Waals surface area contributed by atoms with Crippen LogP contribution in [0.1, 0.15) is 48.9 Å². The van der Waals surface area contributed by atoms with Gasteiger partial charge < -0.3 is 20.5 Å². The first kappa shape index (κ1) is 22.4. The summed E-state index contributed by atoms with van der Waals surface area (Å²) in [5, 5.41) is 12.1. The number of anilines is 2. The number of aryl methyl sites for hydroxylation is 2. The molecule has 0 radical (unpaired) electrons. The maximum Gasteiger partial charge on any atom is 0.224 e. The van der Waals surface area contributed by atoms with E-state index in [4.69, 9.17) is 20.2 Å². The lowest BCUT2D eigenvalue weighted by molar-refractivity contribution is -0.152. The zero-order valence-electron chi connectivity index (χ0n) is 19.5. The number of ether oxygens (including phenoxy) is 2. The molecule has 0 atom stereocenters. The highest BCUT2D eigenvalue weighted by Crippen LogP contribution is 2.39. The molecular formula is C24H32N6O2S. The number of aromatic nitrogens is 3. The van der Waals surface area contributed by atoms with E-state index < -0.39 is 5.60 Å². The van der Waals surface area contributed by atoms with Crippen molar-refractivity contribution in [2.75, 3.05) is 25.6 Å². The summed E-state index contributed by atoms with van der Waals surface area (Å²) in [4.78, 5) is 9.38. The summed E-state index contributed by atoms with van der Waals surface area (Å²) in [7, 11) is 1.68. The topological polar surface area (TPSA) is 110 Å². The van der Waals surface area contributed by atoms with Crippen LogP contribution in [0, 0.1) is 0 Å². The Morgan fingerprint density at radius 2 is 1.94 bits per heavy atom. The summed E-state index contributed by atoms with van der Waals surface area (Å²) in [5.74, 6) is 0.650. The molecule has 2 heterocycles. The zero-order chi connectivity index (χ0) is 23.0. The molecule has 2 aliphatic carbocycles. The van der Waals surface area contributed by atoms with Crippen molar-refractivity contribution in [3.8, 4) is 0 Å². The van der Waals surface area contributed by atoms with Crippen LogP contribution in [0.15, 0.2) is 27.3 Å². The fourth-order valence-corrected chi connectivity index (χ4v) is 5.54. The van der Waals surface area contributed by atoms with E-state index in [9.17, 15) is 0 Å². The average molecular weight is 469 g/mol. The Bertz CT molecular complexity index is 1060. The molecular weight excluding hydrogens is 436 g/mol. The molecule has 1 aliphatic heterocycles. The predicted octanol–water partition coefficient (Wildman–Crippen LogP) is 3.68. The third-order valence-electron chi connectivity index (χ3n) is 6.59. The van der Waals surface area contributed by atoms with Crippen LogP contribution < -0.4 is 11.1 Å². The Morgan fingerprint density at radius 1 is 1.24 bits per heavy atom. The van der Waals surface area contributed by atoms with Gasteiger partial charge in [0.25, 0.3) is 0 Å². The summed E-state index contributed by atoms with van der Waals surface area (Å²) < 4.78 is 11.1. The van der Waals surface area contributed by atoms with E-state index in [2.05, 4.69) is 26.6 Å². The van der Waals surface area contributed by atoms with Crippen LogP contribution in [0.5, 0.6) is 0 Å². The largest absolute Gasteiger partial charge is 0.393 e. The molecule has 2 aromatic rings. The van der Waals surface area contributed by atoms with Crippen molar-refractivity contribution in [3.05, 3.63) is 39.4 Å². The smallest absolute Gasteiger partial charge is 0.224 e. The van der Waals surface area contributed by atoms with Crippen LogP contribution in [0.25, 0.3) is 0 Å². The van der Waals surface area contributed by atoms with Crippen LogP contribution in [0.4, 0.5) is 11.6 Å². The van der Waals surface area contributed by atoms with Crippen molar-refractivity contribution in [1.82, 2.24) is 15.2 Å². The second-order valence-corrected chi connectivity index (χ2v) is 10.3. The molecule has 0 bridgehead atoms. The SMILES string of the molecule is COC1(C(/C=C(\N)Sc2n[nH]c(Nc3c4c(cc5c3CCC5)CCC4)n2)=NC(C)C)COC1. The van der Waals surface area contributed by atoms with Crippen LogP contribution >= 0.6 is 11.8 Å². The van der Waals surface area contributed by atoms with E-state index in [1.807, 2.05) is 19.9 Å². The van der Waals surface area contributed by atoms with Gasteiger partial charge in [0.05, 0.1) is 24.0 Å². The molecule has 4 N–H and O–H groups in total. The second-order valence-electron chi connectivity index (χ2n) is 9.27. The molecule has 0 saturated carbocycles. The van der Waals surface area contributed by atoms with Gasteiger partial charge in [0.15, 0.2) is 5.60 Å². The first-order chi connectivity index (χ1) is 16.0. The second kappa shape index (κ2) is 9.12. The predicted molar refractivity (Wildman–Crippen MR) is 131 cm³/mol. The van der Waals surface area contributed by atoms with Gasteiger partial charge in [-0.3, -0.25) is 4.99 Å². The van der Waals surface area contributed by atoms with Crippen molar-refractivity contribution in [2.45, 2.75) is 69.2 Å². The van der Waals surface area contributed by atoms with Gasteiger partial charge in [-0.1, -0.05) is 6.07 Å². The molecule has 9 heteroatoms. The molecule has 3 aliphatic rings. The number of fused-ring (bicyclic) bond motifs is 2. The van der Waals surface area contributed by atoms with Crippen LogP contribution in [-0.2, 0) is 35.2 Å². The number of H-pyrrole nitrogens is 1. The number of nitrogens with two attached hydrogens (primary N) is 1. The minimum atomic E-state index is -0.533. The van der Waals surface area contributed by atoms with Gasteiger partial charge in [-0.25, -0.2) is 5.10 Å². The summed E-state index contributed by atoms with van der Waals surface area (Å²) >= 11 is 1.31. The zero-order valence-corrected chi connectivity index (χ0v) is 20.3. The lowest BCUT2D eigenvalue weighted by Crippen LogP contribution is -2.57. The van der Waals surface area contributed by atoms with Gasteiger partial charge in [0.2, 0.25) is 11.1 Å². The molecule has 0 unspecified atom stereocenters. The fraction of sp³-hybridized carbons (Fsp3) is 0.542. The maximum atomic E-state index is 6.35. The Balaban J connectivity index is 1.34. The third-order valence-corrected chi connectivity index (χ3v) is 7.31. The monoisotopic (exact) mass is 468 g/mol. The Kier molecular flexibility index (Phi) is 6.20. The molecule has 0 spiro atoms. The number of aromatic amines is 1. The molecule has 1 aromatic carbocycles. The normalized spacial score (nSPS) is 19.5. The minimum Gasteiger partial charge on any atom is -0.393 e. The highest BCUT2D eigenvalue weighted by molar-refractivity contribution is 8.02. The number of methoxy groups -OCH3 is 1. The van der Waals surface area contributed by atoms with E-state index in [1.54, 1.807) is 7.11 Å². The van der Waals surface area contributed by atoms with Gasteiger partial charge in [-0.05, 0) is 92.5 Å². The molecule has 5 rings (SSSR count). The number of hydrogen-bond acceptors (Lipinski definition) is 8. The standard InChI is InChI=1S/C24H32N6O2S/c1-14(2)26-19(24(31-3)12-32-13-24)11-20(25)33-23-28-22(29-30-23)27-21-17-8-4-6-15(17)10-16-7-5-9-18(16)21/h10-11,14H,4-9,12-13,25H2,1-3H3,(H2,27,28,29,30)/b20-11+,26-19?. The lowest BCUT2D eigenvalue weighted by atomic mass is 9.94. The molecule has 1 fully saturated rings. The number of rotatable bonds is 8. The first-order valence-corrected chi connectivity index (χ1v) is 12.5. The molecule has 0 amide bonds. The van der Waals surface area contributed by atoms with Crippen LogP contribution in [0.2, 0.25) is 0 Å². The quantitative estimate of drug-likeness (QED) is 0.400. The first-order valence-electron chi connectivity index (χ1n) is 11.7. The highest BCUT2D eigenvalue weighted by Gasteiger charge is 2.43. The van der Waals surface area contributed by atoms with Crippen LogP contribution in [-0.4, -0.2) is 52.9 Å². The summed E-state index contributed by atoms with van der Waals surface area (Å²) in [6, 6.07) is 2.55. The van der Waals surface area contributed by atoms with Gasteiger partial charge in [-0.15, -0.1) is 5.10 Å². The van der Waals surface area contributed by atoms with E-state index in [0.717, 1.165) is 18.6 Å². The summed E-state index contributed by atoms with van der Waals surface area (Å²) in [5.41, 5.74) is 13.7. The Labute approximate surface area is 198 Å². The van der Waals surface area contributed by atoms with Gasteiger partial charge >= 0.3 is 0 Å². The van der Waals surface area contributed by atoms with E-state index >= 15 is 0 Å². The number of hydrogen-bond donors (Lipinski definition) is 3. The summed E-state index contributed by atoms with van der Waals surface area (Å²) in [6.45, 7) is 5.02. The van der Waals surface area contributed by atoms with Crippen molar-refractivity contribution in [1.29, 1.82) is 0 Å². The van der Waals surface area contributed by atoms with Crippen molar-refractivity contribution in [2.24, 2.45) is 10.7 Å². The van der Waals surface area contributed by atoms with E-state index in [1.165, 1.54) is 65.4 Å². The summed E-state index contributed by atoms with van der Waals surface area (Å²) in [6.07, 6.45) is 8.89. The number of benzene rings is 1. The molecule has 33 heavy (non-hydrogen) atoms. The number of nitrogens with zero attached hydrogens (tertiary/aromatic N) is 3. The van der Waals surface area contributed by atoms with Crippen LogP contribution in [0.3, 0.4) is 0 Å². The molecule has 1 aromatic heterocycles. The minimum absolute atomic E-state index is 0.121. The maximum absolute atomic E-state index is 6.35. The number of aliphatic imine (C=N–C) groups is 1. The van der Waals surface area contributed by atoms with Crippen molar-refractivity contribution in [3.63, 3.8) is 0 Å². The Morgan fingerprint density at radius 3 is 2.52 bits per heavy atom.